The topological polar surface area (TPSA) is 27.0 Å². The summed E-state index contributed by atoms with van der Waals surface area (Å²) in [7, 11) is 4.05. The standard InChI is InChI=1S/C17H18N2/c1-19(2)17-10-8-14(9-11-17)12-16(13-18)15-6-4-3-5-7-15/h3-11,16H,12H2,1-2H3/t16-/m0/s1. The molecule has 1 atom stereocenters. The molecule has 2 heteroatoms. The molecule has 19 heavy (non-hydrogen) atoms. The molecule has 2 nitrogen and oxygen atoms in total. The van der Waals surface area contributed by atoms with Crippen molar-refractivity contribution in [1.82, 2.24) is 0 Å². The van der Waals surface area contributed by atoms with Gasteiger partial charge in [0.2, 0.25) is 0 Å². The van der Waals surface area contributed by atoms with Gasteiger partial charge in [0.25, 0.3) is 0 Å². The van der Waals surface area contributed by atoms with Crippen molar-refractivity contribution in [3.8, 4) is 6.07 Å². The molecule has 0 unspecified atom stereocenters. The summed E-state index contributed by atoms with van der Waals surface area (Å²) in [6, 6.07) is 20.7. The SMILES string of the molecule is CN(C)c1ccc(C[C@@H](C#N)c2ccccc2)cc1. The number of hydrogen-bond donors (Lipinski definition) is 0. The summed E-state index contributed by atoms with van der Waals surface area (Å²) < 4.78 is 0. The molecule has 0 aromatic heterocycles. The van der Waals surface area contributed by atoms with E-state index in [2.05, 4.69) is 35.2 Å². The summed E-state index contributed by atoms with van der Waals surface area (Å²) in [4.78, 5) is 2.07. The zero-order valence-electron chi connectivity index (χ0n) is 11.4. The molecule has 0 bridgehead atoms. The van der Waals surface area contributed by atoms with Crippen molar-refractivity contribution in [3.05, 3.63) is 65.7 Å². The van der Waals surface area contributed by atoms with E-state index in [1.807, 2.05) is 44.4 Å². The van der Waals surface area contributed by atoms with E-state index in [-0.39, 0.29) is 5.92 Å². The summed E-state index contributed by atoms with van der Waals surface area (Å²) in [6.45, 7) is 0. The Morgan fingerprint density at radius 2 is 1.63 bits per heavy atom. The van der Waals surface area contributed by atoms with Gasteiger partial charge in [-0.3, -0.25) is 0 Å². The van der Waals surface area contributed by atoms with Gasteiger partial charge in [-0.25, -0.2) is 0 Å². The number of nitriles is 1. The van der Waals surface area contributed by atoms with E-state index in [1.165, 1.54) is 11.3 Å². The quantitative estimate of drug-likeness (QED) is 0.829. The Kier molecular flexibility index (Phi) is 4.20. The Bertz CT molecular complexity index is 550. The summed E-state index contributed by atoms with van der Waals surface area (Å²) in [6.07, 6.45) is 0.758. The van der Waals surface area contributed by atoms with Gasteiger partial charge in [-0.1, -0.05) is 42.5 Å². The molecule has 0 spiro atoms. The van der Waals surface area contributed by atoms with Crippen LogP contribution < -0.4 is 4.90 Å². The average molecular weight is 250 g/mol. The lowest BCUT2D eigenvalue weighted by Crippen LogP contribution is -2.08. The highest BCUT2D eigenvalue weighted by atomic mass is 15.1. The first-order valence-corrected chi connectivity index (χ1v) is 6.41. The van der Waals surface area contributed by atoms with Crippen molar-refractivity contribution >= 4 is 5.69 Å². The number of nitrogens with zero attached hydrogens (tertiary/aromatic N) is 2. The Morgan fingerprint density at radius 1 is 1.00 bits per heavy atom. The van der Waals surface area contributed by atoms with Gasteiger partial charge in [-0.15, -0.1) is 0 Å². The van der Waals surface area contributed by atoms with E-state index in [1.54, 1.807) is 0 Å². The van der Waals surface area contributed by atoms with E-state index in [0.717, 1.165) is 12.0 Å². The normalized spacial score (nSPS) is 11.6. The van der Waals surface area contributed by atoms with Gasteiger partial charge >= 0.3 is 0 Å². The zero-order valence-corrected chi connectivity index (χ0v) is 11.4. The predicted octanol–water partition coefficient (Wildman–Crippen LogP) is 3.60. The van der Waals surface area contributed by atoms with Crippen molar-refractivity contribution in [2.24, 2.45) is 0 Å². The third kappa shape index (κ3) is 3.35. The number of benzene rings is 2. The van der Waals surface area contributed by atoms with Crippen LogP contribution in [0, 0.1) is 11.3 Å². The molecule has 0 amide bonds. The second kappa shape index (κ2) is 6.06. The molecule has 0 saturated heterocycles. The van der Waals surface area contributed by atoms with Gasteiger partial charge in [-0.2, -0.15) is 5.26 Å². The highest BCUT2D eigenvalue weighted by Crippen LogP contribution is 2.21. The summed E-state index contributed by atoms with van der Waals surface area (Å²) in [5.41, 5.74) is 3.46. The molecule has 0 radical (unpaired) electrons. The maximum atomic E-state index is 9.33. The van der Waals surface area contributed by atoms with Crippen LogP contribution in [0.1, 0.15) is 17.0 Å². The minimum Gasteiger partial charge on any atom is -0.378 e. The van der Waals surface area contributed by atoms with Gasteiger partial charge < -0.3 is 4.90 Å². The first-order valence-electron chi connectivity index (χ1n) is 6.41. The smallest absolute Gasteiger partial charge is 0.0753 e. The summed E-state index contributed by atoms with van der Waals surface area (Å²) in [5, 5.41) is 9.33. The van der Waals surface area contributed by atoms with Crippen molar-refractivity contribution in [3.63, 3.8) is 0 Å². The first-order chi connectivity index (χ1) is 9.20. The molecule has 2 aromatic rings. The summed E-state index contributed by atoms with van der Waals surface area (Å²) in [5.74, 6) is -0.0774. The average Bonchev–Trinajstić information content (AvgIpc) is 2.46. The van der Waals surface area contributed by atoms with Crippen LogP contribution in [-0.4, -0.2) is 14.1 Å². The third-order valence-electron chi connectivity index (χ3n) is 3.25. The second-order valence-electron chi connectivity index (χ2n) is 4.86. The van der Waals surface area contributed by atoms with Crippen LogP contribution in [0.15, 0.2) is 54.6 Å². The maximum absolute atomic E-state index is 9.33. The minimum atomic E-state index is -0.0774. The predicted molar refractivity (Wildman–Crippen MR) is 79.3 cm³/mol. The van der Waals surface area contributed by atoms with Crippen LogP contribution in [0.4, 0.5) is 5.69 Å². The fourth-order valence-corrected chi connectivity index (χ4v) is 2.09. The van der Waals surface area contributed by atoms with E-state index >= 15 is 0 Å². The van der Waals surface area contributed by atoms with Crippen molar-refractivity contribution < 1.29 is 0 Å². The van der Waals surface area contributed by atoms with Gasteiger partial charge in [-0.05, 0) is 29.7 Å². The highest BCUT2D eigenvalue weighted by Gasteiger charge is 2.11. The van der Waals surface area contributed by atoms with Crippen molar-refractivity contribution in [2.45, 2.75) is 12.3 Å². The highest BCUT2D eigenvalue weighted by molar-refractivity contribution is 5.46. The first kappa shape index (κ1) is 13.2. The van der Waals surface area contributed by atoms with E-state index in [9.17, 15) is 5.26 Å². The Balaban J connectivity index is 2.13. The number of rotatable bonds is 4. The van der Waals surface area contributed by atoms with Gasteiger partial charge in [0.15, 0.2) is 0 Å². The van der Waals surface area contributed by atoms with Crippen molar-refractivity contribution in [2.75, 3.05) is 19.0 Å². The number of hydrogen-bond acceptors (Lipinski definition) is 2. The summed E-state index contributed by atoms with van der Waals surface area (Å²) >= 11 is 0. The monoisotopic (exact) mass is 250 g/mol. The molecule has 2 aromatic carbocycles. The number of anilines is 1. The lowest BCUT2D eigenvalue weighted by atomic mass is 9.93. The lowest BCUT2D eigenvalue weighted by Gasteiger charge is -2.14. The third-order valence-corrected chi connectivity index (χ3v) is 3.25. The Morgan fingerprint density at radius 3 is 2.16 bits per heavy atom. The van der Waals surface area contributed by atoms with Gasteiger partial charge in [0.05, 0.1) is 12.0 Å². The van der Waals surface area contributed by atoms with E-state index < -0.39 is 0 Å². The molecule has 0 aliphatic carbocycles. The molecular formula is C17H18N2. The molecule has 0 fully saturated rings. The molecule has 0 aliphatic heterocycles. The molecule has 2 rings (SSSR count). The molecular weight excluding hydrogens is 232 g/mol. The van der Waals surface area contributed by atoms with Crippen LogP contribution in [0.3, 0.4) is 0 Å². The second-order valence-corrected chi connectivity index (χ2v) is 4.86. The van der Waals surface area contributed by atoms with Crippen molar-refractivity contribution in [1.29, 1.82) is 5.26 Å². The largest absolute Gasteiger partial charge is 0.378 e. The Labute approximate surface area is 114 Å². The van der Waals surface area contributed by atoms with E-state index in [0.29, 0.717) is 0 Å². The van der Waals surface area contributed by atoms with Crippen LogP contribution in [0.25, 0.3) is 0 Å². The minimum absolute atomic E-state index is 0.0774. The van der Waals surface area contributed by atoms with Crippen LogP contribution in [-0.2, 0) is 6.42 Å². The van der Waals surface area contributed by atoms with Crippen LogP contribution in [0.2, 0.25) is 0 Å². The maximum Gasteiger partial charge on any atom is 0.0753 e. The van der Waals surface area contributed by atoms with Gasteiger partial charge in [0, 0.05) is 19.8 Å². The zero-order chi connectivity index (χ0) is 13.7. The molecule has 0 heterocycles. The van der Waals surface area contributed by atoms with Crippen LogP contribution >= 0.6 is 0 Å². The molecule has 0 aliphatic rings. The molecule has 0 saturated carbocycles. The fourth-order valence-electron chi connectivity index (χ4n) is 2.09. The Hall–Kier alpha value is -2.27. The van der Waals surface area contributed by atoms with E-state index in [4.69, 9.17) is 0 Å². The molecule has 96 valence electrons. The lowest BCUT2D eigenvalue weighted by molar-refractivity contribution is 0.849. The van der Waals surface area contributed by atoms with Gasteiger partial charge in [0.1, 0.15) is 0 Å². The molecule has 0 N–H and O–H groups in total. The van der Waals surface area contributed by atoms with Crippen LogP contribution in [0.5, 0.6) is 0 Å². The fraction of sp³-hybridized carbons (Fsp3) is 0.235.